The normalized spacial score (nSPS) is 11.2. The van der Waals surface area contributed by atoms with Gasteiger partial charge in [-0.3, -0.25) is 4.79 Å². The van der Waals surface area contributed by atoms with Gasteiger partial charge < -0.3 is 10.6 Å². The van der Waals surface area contributed by atoms with Crippen molar-refractivity contribution in [2.75, 3.05) is 10.6 Å². The Morgan fingerprint density at radius 2 is 1.68 bits per heavy atom. The van der Waals surface area contributed by atoms with Gasteiger partial charge in [-0.15, -0.1) is 0 Å². The van der Waals surface area contributed by atoms with Gasteiger partial charge in [0, 0.05) is 17.4 Å². The quantitative estimate of drug-likeness (QED) is 0.620. The van der Waals surface area contributed by atoms with Crippen LogP contribution >= 0.6 is 0 Å². The number of nitrogens with zero attached hydrogens (tertiary/aromatic N) is 2. The van der Waals surface area contributed by atoms with Crippen LogP contribution in [-0.4, -0.2) is 15.9 Å². The number of amides is 1. The van der Waals surface area contributed by atoms with E-state index in [0.29, 0.717) is 5.69 Å². The van der Waals surface area contributed by atoms with Crippen LogP contribution in [0.1, 0.15) is 21.9 Å². The third-order valence-corrected chi connectivity index (χ3v) is 3.64. The standard InChI is InChI=1S/C19H14F4N4O/c1-11-24-16(18(28)27-15-4-2-3-13(20)9-15)10-17(25-11)26-14-7-5-12(6-8-14)19(21,22)23/h2-10H,1H3,(H,27,28)(H,24,25,26). The smallest absolute Gasteiger partial charge is 0.340 e. The Morgan fingerprint density at radius 1 is 0.964 bits per heavy atom. The summed E-state index contributed by atoms with van der Waals surface area (Å²) in [5, 5.41) is 5.35. The van der Waals surface area contributed by atoms with Gasteiger partial charge in [-0.25, -0.2) is 14.4 Å². The highest BCUT2D eigenvalue weighted by molar-refractivity contribution is 6.03. The molecule has 144 valence electrons. The number of aryl methyl sites for hydroxylation is 1. The molecule has 1 aromatic heterocycles. The fraction of sp³-hybridized carbons (Fsp3) is 0.105. The number of benzene rings is 2. The topological polar surface area (TPSA) is 66.9 Å². The zero-order valence-electron chi connectivity index (χ0n) is 14.5. The highest BCUT2D eigenvalue weighted by Crippen LogP contribution is 2.30. The van der Waals surface area contributed by atoms with E-state index in [1.165, 1.54) is 36.4 Å². The van der Waals surface area contributed by atoms with Crippen LogP contribution < -0.4 is 10.6 Å². The number of nitrogens with one attached hydrogen (secondary N) is 2. The Morgan fingerprint density at radius 3 is 2.32 bits per heavy atom. The largest absolute Gasteiger partial charge is 0.416 e. The van der Waals surface area contributed by atoms with Gasteiger partial charge in [0.05, 0.1) is 5.56 Å². The molecule has 0 radical (unpaired) electrons. The van der Waals surface area contributed by atoms with Crippen LogP contribution in [0.25, 0.3) is 0 Å². The molecule has 28 heavy (non-hydrogen) atoms. The zero-order chi connectivity index (χ0) is 20.3. The lowest BCUT2D eigenvalue weighted by Gasteiger charge is -2.11. The fourth-order valence-electron chi connectivity index (χ4n) is 2.40. The van der Waals surface area contributed by atoms with Crippen LogP contribution in [0, 0.1) is 12.7 Å². The summed E-state index contributed by atoms with van der Waals surface area (Å²) in [5.74, 6) is -0.564. The van der Waals surface area contributed by atoms with E-state index in [2.05, 4.69) is 20.6 Å². The van der Waals surface area contributed by atoms with E-state index in [4.69, 9.17) is 0 Å². The highest BCUT2D eigenvalue weighted by atomic mass is 19.4. The summed E-state index contributed by atoms with van der Waals surface area (Å²) < 4.78 is 51.1. The maximum atomic E-state index is 13.2. The SMILES string of the molecule is Cc1nc(Nc2ccc(C(F)(F)F)cc2)cc(C(=O)Nc2cccc(F)c2)n1. The second-order valence-corrected chi connectivity index (χ2v) is 5.85. The minimum Gasteiger partial charge on any atom is -0.340 e. The summed E-state index contributed by atoms with van der Waals surface area (Å²) in [4.78, 5) is 20.5. The van der Waals surface area contributed by atoms with Crippen molar-refractivity contribution in [3.05, 3.63) is 77.5 Å². The van der Waals surface area contributed by atoms with E-state index in [-0.39, 0.29) is 23.0 Å². The number of carbonyl (C=O) groups excluding carboxylic acids is 1. The molecule has 0 fully saturated rings. The van der Waals surface area contributed by atoms with Gasteiger partial charge in [-0.1, -0.05) is 6.07 Å². The minimum atomic E-state index is -4.42. The van der Waals surface area contributed by atoms with Crippen molar-refractivity contribution < 1.29 is 22.4 Å². The molecule has 1 amide bonds. The minimum absolute atomic E-state index is 0.0196. The van der Waals surface area contributed by atoms with Gasteiger partial charge in [0.25, 0.3) is 5.91 Å². The summed E-state index contributed by atoms with van der Waals surface area (Å²) >= 11 is 0. The molecular weight excluding hydrogens is 376 g/mol. The molecule has 9 heteroatoms. The first kappa shape index (κ1) is 19.3. The Bertz CT molecular complexity index is 1000. The fourth-order valence-corrected chi connectivity index (χ4v) is 2.40. The molecule has 0 aliphatic carbocycles. The zero-order valence-corrected chi connectivity index (χ0v) is 14.5. The second kappa shape index (κ2) is 7.63. The molecule has 3 aromatic rings. The van der Waals surface area contributed by atoms with Crippen molar-refractivity contribution in [1.29, 1.82) is 0 Å². The van der Waals surface area contributed by atoms with Gasteiger partial charge in [-0.05, 0) is 49.4 Å². The van der Waals surface area contributed by atoms with E-state index in [1.807, 2.05) is 0 Å². The maximum Gasteiger partial charge on any atom is 0.416 e. The van der Waals surface area contributed by atoms with Crippen molar-refractivity contribution in [2.24, 2.45) is 0 Å². The van der Waals surface area contributed by atoms with Crippen LogP contribution in [0.15, 0.2) is 54.6 Å². The average Bonchev–Trinajstić information content (AvgIpc) is 2.61. The molecule has 0 atom stereocenters. The molecule has 2 aromatic carbocycles. The molecule has 0 aliphatic heterocycles. The molecule has 0 saturated carbocycles. The second-order valence-electron chi connectivity index (χ2n) is 5.85. The van der Waals surface area contributed by atoms with E-state index < -0.39 is 23.5 Å². The molecule has 3 rings (SSSR count). The first-order valence-electron chi connectivity index (χ1n) is 8.07. The molecule has 0 spiro atoms. The number of hydrogen-bond acceptors (Lipinski definition) is 4. The lowest BCUT2D eigenvalue weighted by molar-refractivity contribution is -0.137. The molecule has 0 saturated heterocycles. The van der Waals surface area contributed by atoms with Gasteiger partial charge in [0.1, 0.15) is 23.2 Å². The molecule has 0 unspecified atom stereocenters. The predicted molar refractivity (Wildman–Crippen MR) is 95.8 cm³/mol. The number of halogens is 4. The molecule has 0 bridgehead atoms. The molecule has 1 heterocycles. The van der Waals surface area contributed by atoms with Crippen molar-refractivity contribution in [3.8, 4) is 0 Å². The average molecular weight is 390 g/mol. The van der Waals surface area contributed by atoms with Gasteiger partial charge in [0.15, 0.2) is 0 Å². The number of anilines is 3. The van der Waals surface area contributed by atoms with E-state index in [9.17, 15) is 22.4 Å². The van der Waals surface area contributed by atoms with Crippen molar-refractivity contribution in [1.82, 2.24) is 9.97 Å². The lowest BCUT2D eigenvalue weighted by Crippen LogP contribution is -2.15. The predicted octanol–water partition coefficient (Wildman–Crippen LogP) is 4.94. The van der Waals surface area contributed by atoms with E-state index in [1.54, 1.807) is 6.92 Å². The molecule has 2 N–H and O–H groups in total. The van der Waals surface area contributed by atoms with E-state index in [0.717, 1.165) is 18.2 Å². The number of hydrogen-bond donors (Lipinski definition) is 2. The molecule has 5 nitrogen and oxygen atoms in total. The number of carbonyl (C=O) groups is 1. The van der Waals surface area contributed by atoms with Crippen molar-refractivity contribution in [3.63, 3.8) is 0 Å². The summed E-state index contributed by atoms with van der Waals surface area (Å²) in [6.07, 6.45) is -4.42. The monoisotopic (exact) mass is 390 g/mol. The van der Waals surface area contributed by atoms with Crippen LogP contribution in [-0.2, 0) is 6.18 Å². The summed E-state index contributed by atoms with van der Waals surface area (Å²) in [6.45, 7) is 1.57. The molecule has 0 aliphatic rings. The Kier molecular flexibility index (Phi) is 5.25. The summed E-state index contributed by atoms with van der Waals surface area (Å²) in [6, 6.07) is 11.1. The van der Waals surface area contributed by atoms with Crippen molar-refractivity contribution >= 4 is 23.1 Å². The van der Waals surface area contributed by atoms with Crippen LogP contribution in [0.4, 0.5) is 34.8 Å². The van der Waals surface area contributed by atoms with Gasteiger partial charge in [-0.2, -0.15) is 13.2 Å². The first-order chi connectivity index (χ1) is 13.2. The van der Waals surface area contributed by atoms with E-state index >= 15 is 0 Å². The Labute approximate surface area is 157 Å². The first-order valence-corrected chi connectivity index (χ1v) is 8.07. The third-order valence-electron chi connectivity index (χ3n) is 3.64. The number of rotatable bonds is 4. The van der Waals surface area contributed by atoms with Crippen LogP contribution in [0.5, 0.6) is 0 Å². The third kappa shape index (κ3) is 4.81. The van der Waals surface area contributed by atoms with Gasteiger partial charge in [0.2, 0.25) is 0 Å². The maximum absolute atomic E-state index is 13.2. The van der Waals surface area contributed by atoms with Crippen LogP contribution in [0.2, 0.25) is 0 Å². The Hall–Kier alpha value is -3.49. The summed E-state index contributed by atoms with van der Waals surface area (Å²) in [5.41, 5.74) is -0.126. The highest BCUT2D eigenvalue weighted by Gasteiger charge is 2.29. The number of alkyl halides is 3. The number of aromatic nitrogens is 2. The summed E-state index contributed by atoms with van der Waals surface area (Å²) in [7, 11) is 0. The Balaban J connectivity index is 1.78. The molecular formula is C19H14F4N4O. The van der Waals surface area contributed by atoms with Gasteiger partial charge >= 0.3 is 6.18 Å². The lowest BCUT2D eigenvalue weighted by atomic mass is 10.2. The van der Waals surface area contributed by atoms with Crippen molar-refractivity contribution in [2.45, 2.75) is 13.1 Å². The van der Waals surface area contributed by atoms with Crippen LogP contribution in [0.3, 0.4) is 0 Å².